The summed E-state index contributed by atoms with van der Waals surface area (Å²) < 4.78 is 5.64. The molecule has 0 spiro atoms. The number of aryl methyl sites for hydroxylation is 1. The fraction of sp³-hybridized carbons (Fsp3) is 0.600. The van der Waals surface area contributed by atoms with E-state index in [-0.39, 0.29) is 0 Å². The fourth-order valence-electron chi connectivity index (χ4n) is 2.56. The molecular formula is C15H23NO. The smallest absolute Gasteiger partial charge is 0.122 e. The van der Waals surface area contributed by atoms with E-state index in [1.165, 1.54) is 11.1 Å². The quantitative estimate of drug-likeness (QED) is 0.868. The first-order valence-corrected chi connectivity index (χ1v) is 6.55. The molecule has 1 aliphatic rings. The van der Waals surface area contributed by atoms with Gasteiger partial charge < -0.3 is 10.5 Å². The van der Waals surface area contributed by atoms with E-state index >= 15 is 0 Å². The van der Waals surface area contributed by atoms with E-state index in [2.05, 4.69) is 32.0 Å². The van der Waals surface area contributed by atoms with Crippen molar-refractivity contribution in [3.63, 3.8) is 0 Å². The molecule has 0 radical (unpaired) electrons. The number of nitrogens with two attached hydrogens (primary N) is 1. The molecule has 0 bridgehead atoms. The molecule has 2 heteroatoms. The van der Waals surface area contributed by atoms with Gasteiger partial charge in [0.05, 0.1) is 6.61 Å². The van der Waals surface area contributed by atoms with Gasteiger partial charge in [-0.15, -0.1) is 0 Å². The minimum atomic E-state index is 0.290. The van der Waals surface area contributed by atoms with Crippen molar-refractivity contribution in [3.05, 3.63) is 29.3 Å². The Morgan fingerprint density at radius 3 is 2.94 bits per heavy atom. The van der Waals surface area contributed by atoms with Crippen LogP contribution in [0.15, 0.2) is 18.2 Å². The van der Waals surface area contributed by atoms with Crippen molar-refractivity contribution in [1.82, 2.24) is 0 Å². The number of hydrogen-bond acceptors (Lipinski definition) is 2. The number of fused-ring (bicyclic) bond motifs is 1. The van der Waals surface area contributed by atoms with Gasteiger partial charge in [-0.05, 0) is 54.8 Å². The predicted molar refractivity (Wildman–Crippen MR) is 71.4 cm³/mol. The SMILES string of the molecule is CC(C)(CCN)Cc1ccc2c(c1)CCCO2. The topological polar surface area (TPSA) is 35.2 Å². The summed E-state index contributed by atoms with van der Waals surface area (Å²) in [6, 6.07) is 6.64. The molecule has 2 nitrogen and oxygen atoms in total. The Morgan fingerprint density at radius 1 is 1.35 bits per heavy atom. The minimum Gasteiger partial charge on any atom is -0.493 e. The summed E-state index contributed by atoms with van der Waals surface area (Å²) in [4.78, 5) is 0. The molecule has 1 aliphatic heterocycles. The van der Waals surface area contributed by atoms with E-state index in [0.29, 0.717) is 5.41 Å². The van der Waals surface area contributed by atoms with Crippen molar-refractivity contribution in [2.24, 2.45) is 11.1 Å². The van der Waals surface area contributed by atoms with Crippen molar-refractivity contribution < 1.29 is 4.74 Å². The predicted octanol–water partition coefficient (Wildman–Crippen LogP) is 2.93. The number of rotatable bonds is 4. The van der Waals surface area contributed by atoms with Crippen molar-refractivity contribution in [2.45, 2.75) is 39.5 Å². The second-order valence-electron chi connectivity index (χ2n) is 5.77. The summed E-state index contributed by atoms with van der Waals surface area (Å²) in [6.07, 6.45) is 4.46. The van der Waals surface area contributed by atoms with Crippen molar-refractivity contribution in [3.8, 4) is 5.75 Å². The largest absolute Gasteiger partial charge is 0.493 e. The summed E-state index contributed by atoms with van der Waals surface area (Å²) in [7, 11) is 0. The van der Waals surface area contributed by atoms with Crippen LogP contribution in [-0.2, 0) is 12.8 Å². The summed E-state index contributed by atoms with van der Waals surface area (Å²) in [5.74, 6) is 1.08. The zero-order chi connectivity index (χ0) is 12.3. The Bertz CT molecular complexity index is 385. The van der Waals surface area contributed by atoms with Gasteiger partial charge in [-0.25, -0.2) is 0 Å². The molecule has 0 saturated heterocycles. The maximum atomic E-state index is 5.66. The average Bonchev–Trinajstić information content (AvgIpc) is 2.28. The molecule has 0 fully saturated rings. The molecule has 0 aromatic heterocycles. The standard InChI is InChI=1S/C15H23NO/c1-15(2,7-8-16)11-12-5-6-14-13(10-12)4-3-9-17-14/h5-6,10H,3-4,7-9,11,16H2,1-2H3. The monoisotopic (exact) mass is 233 g/mol. The Hall–Kier alpha value is -1.02. The minimum absolute atomic E-state index is 0.290. The first-order chi connectivity index (χ1) is 8.11. The van der Waals surface area contributed by atoms with Crippen LogP contribution in [0, 0.1) is 5.41 Å². The van der Waals surface area contributed by atoms with Crippen LogP contribution in [0.5, 0.6) is 5.75 Å². The van der Waals surface area contributed by atoms with E-state index in [4.69, 9.17) is 10.5 Å². The van der Waals surface area contributed by atoms with Crippen molar-refractivity contribution in [2.75, 3.05) is 13.2 Å². The van der Waals surface area contributed by atoms with Gasteiger partial charge in [0.2, 0.25) is 0 Å². The van der Waals surface area contributed by atoms with Gasteiger partial charge in [-0.1, -0.05) is 26.0 Å². The Morgan fingerprint density at radius 2 is 2.18 bits per heavy atom. The van der Waals surface area contributed by atoms with E-state index in [1.54, 1.807) is 0 Å². The lowest BCUT2D eigenvalue weighted by Crippen LogP contribution is -2.20. The van der Waals surface area contributed by atoms with Crippen LogP contribution in [0.2, 0.25) is 0 Å². The maximum Gasteiger partial charge on any atom is 0.122 e. The van der Waals surface area contributed by atoms with Crippen LogP contribution in [-0.4, -0.2) is 13.2 Å². The highest BCUT2D eigenvalue weighted by atomic mass is 16.5. The second-order valence-corrected chi connectivity index (χ2v) is 5.77. The Kier molecular flexibility index (Phi) is 3.72. The molecular weight excluding hydrogens is 210 g/mol. The average molecular weight is 233 g/mol. The zero-order valence-corrected chi connectivity index (χ0v) is 11.0. The normalized spacial score (nSPS) is 15.2. The zero-order valence-electron chi connectivity index (χ0n) is 11.0. The lowest BCUT2D eigenvalue weighted by atomic mass is 9.82. The number of hydrogen-bond donors (Lipinski definition) is 1. The van der Waals surface area contributed by atoms with E-state index in [9.17, 15) is 0 Å². The van der Waals surface area contributed by atoms with Gasteiger partial charge in [-0.2, -0.15) is 0 Å². The maximum absolute atomic E-state index is 5.66. The summed E-state index contributed by atoms with van der Waals surface area (Å²) in [5, 5.41) is 0. The summed E-state index contributed by atoms with van der Waals surface area (Å²) in [5.41, 5.74) is 8.73. The van der Waals surface area contributed by atoms with Crippen LogP contribution in [0.4, 0.5) is 0 Å². The molecule has 0 amide bonds. The Labute approximate surface area is 104 Å². The highest BCUT2D eigenvalue weighted by Gasteiger charge is 2.19. The van der Waals surface area contributed by atoms with Crippen molar-refractivity contribution in [1.29, 1.82) is 0 Å². The van der Waals surface area contributed by atoms with E-state index < -0.39 is 0 Å². The lowest BCUT2D eigenvalue weighted by molar-refractivity contribution is 0.287. The highest BCUT2D eigenvalue weighted by molar-refractivity contribution is 5.38. The van der Waals surface area contributed by atoms with E-state index in [1.807, 2.05) is 0 Å². The summed E-state index contributed by atoms with van der Waals surface area (Å²) in [6.45, 7) is 6.21. The fourth-order valence-corrected chi connectivity index (χ4v) is 2.56. The number of ether oxygens (including phenoxy) is 1. The molecule has 2 N–H and O–H groups in total. The first kappa shape index (κ1) is 12.4. The number of benzene rings is 1. The van der Waals surface area contributed by atoms with Gasteiger partial charge in [0, 0.05) is 0 Å². The molecule has 1 aromatic rings. The Balaban J connectivity index is 2.11. The third-order valence-corrected chi connectivity index (χ3v) is 3.48. The molecule has 0 unspecified atom stereocenters. The van der Waals surface area contributed by atoms with Crippen LogP contribution in [0.1, 0.15) is 37.8 Å². The highest BCUT2D eigenvalue weighted by Crippen LogP contribution is 2.30. The first-order valence-electron chi connectivity index (χ1n) is 6.55. The molecule has 0 saturated carbocycles. The molecule has 2 rings (SSSR count). The third kappa shape index (κ3) is 3.22. The van der Waals surface area contributed by atoms with Gasteiger partial charge in [-0.3, -0.25) is 0 Å². The van der Waals surface area contributed by atoms with Crippen LogP contribution < -0.4 is 10.5 Å². The van der Waals surface area contributed by atoms with Crippen LogP contribution in [0.3, 0.4) is 0 Å². The van der Waals surface area contributed by atoms with Crippen molar-refractivity contribution >= 4 is 0 Å². The molecule has 0 atom stereocenters. The van der Waals surface area contributed by atoms with Gasteiger partial charge in [0.15, 0.2) is 0 Å². The lowest BCUT2D eigenvalue weighted by Gasteiger charge is -2.25. The second kappa shape index (κ2) is 5.09. The van der Waals surface area contributed by atoms with E-state index in [0.717, 1.165) is 44.6 Å². The summed E-state index contributed by atoms with van der Waals surface area (Å²) >= 11 is 0. The van der Waals surface area contributed by atoms with Crippen LogP contribution in [0.25, 0.3) is 0 Å². The van der Waals surface area contributed by atoms with Gasteiger partial charge in [0.25, 0.3) is 0 Å². The van der Waals surface area contributed by atoms with Gasteiger partial charge in [0.1, 0.15) is 5.75 Å². The molecule has 1 aromatic carbocycles. The molecule has 1 heterocycles. The van der Waals surface area contributed by atoms with Gasteiger partial charge >= 0.3 is 0 Å². The third-order valence-electron chi connectivity index (χ3n) is 3.48. The molecule has 17 heavy (non-hydrogen) atoms. The molecule has 0 aliphatic carbocycles. The van der Waals surface area contributed by atoms with Crippen LogP contribution >= 0.6 is 0 Å². The molecule has 94 valence electrons.